The Hall–Kier alpha value is -4.12. The van der Waals surface area contributed by atoms with Crippen LogP contribution in [0.15, 0.2) is 48.5 Å². The molecule has 4 amide bonds. The first-order valence-corrected chi connectivity index (χ1v) is 17.8. The first-order valence-electron chi connectivity index (χ1n) is 17.8. The summed E-state index contributed by atoms with van der Waals surface area (Å²) in [5.41, 5.74) is 4.02. The normalized spacial score (nSPS) is 13.6. The minimum absolute atomic E-state index is 0.0219. The van der Waals surface area contributed by atoms with Gasteiger partial charge in [-0.3, -0.25) is 14.5 Å². The van der Waals surface area contributed by atoms with Crippen molar-refractivity contribution in [1.82, 2.24) is 20.4 Å². The number of piperazine rings is 1. The van der Waals surface area contributed by atoms with Gasteiger partial charge in [-0.2, -0.15) is 0 Å². The van der Waals surface area contributed by atoms with Gasteiger partial charge in [0.2, 0.25) is 5.91 Å². The van der Waals surface area contributed by atoms with E-state index in [1.165, 1.54) is 6.92 Å². The standard InChI is InChI=1S/C34H51N5O4.C4H8O2/c1-6-43-34(42)39-22-20-38(21-23-39)19-12-8-11-18-31(40)36-30(27-14-9-7-10-15-27)24-35-33(41)37-32-28(25(2)3)16-13-17-29(32)26(4)5;1-3-6-4(2)5/h7,9-10,13-17,25-26,30H,6,8,11-12,18-24H2,1-5H3,(H,36,40)(H2,35,37,41);3H2,1-2H3. The second kappa shape index (κ2) is 22.5. The van der Waals surface area contributed by atoms with E-state index in [9.17, 15) is 19.2 Å². The van der Waals surface area contributed by atoms with Crippen molar-refractivity contribution in [3.63, 3.8) is 0 Å². The van der Waals surface area contributed by atoms with Gasteiger partial charge in [-0.05, 0) is 61.8 Å². The molecule has 1 unspecified atom stereocenters. The molecule has 0 saturated carbocycles. The van der Waals surface area contributed by atoms with Gasteiger partial charge in [-0.15, -0.1) is 0 Å². The highest BCUT2D eigenvalue weighted by Gasteiger charge is 2.22. The first kappa shape index (κ1) is 41.1. The summed E-state index contributed by atoms with van der Waals surface area (Å²) in [5.74, 6) is 0.308. The second-order valence-electron chi connectivity index (χ2n) is 12.7. The van der Waals surface area contributed by atoms with Crippen LogP contribution >= 0.6 is 0 Å². The van der Waals surface area contributed by atoms with E-state index in [4.69, 9.17) is 4.74 Å². The summed E-state index contributed by atoms with van der Waals surface area (Å²) in [6, 6.07) is 15.3. The van der Waals surface area contributed by atoms with Crippen LogP contribution in [0.4, 0.5) is 15.3 Å². The molecule has 3 rings (SSSR count). The van der Waals surface area contributed by atoms with Crippen molar-refractivity contribution in [2.24, 2.45) is 0 Å². The molecule has 0 spiro atoms. The monoisotopic (exact) mass is 681 g/mol. The topological polar surface area (TPSA) is 129 Å². The number of hydrogen-bond acceptors (Lipinski definition) is 7. The maximum absolute atomic E-state index is 13.1. The summed E-state index contributed by atoms with van der Waals surface area (Å²) in [6.07, 6.45) is 2.97. The van der Waals surface area contributed by atoms with Crippen LogP contribution in [-0.2, 0) is 19.1 Å². The summed E-state index contributed by atoms with van der Waals surface area (Å²) in [4.78, 5) is 51.8. The Labute approximate surface area is 293 Å². The van der Waals surface area contributed by atoms with E-state index in [-0.39, 0.29) is 48.4 Å². The number of rotatable bonds is 15. The number of nitrogens with one attached hydrogen (secondary N) is 3. The van der Waals surface area contributed by atoms with E-state index >= 15 is 0 Å². The molecule has 0 aliphatic carbocycles. The van der Waals surface area contributed by atoms with Crippen LogP contribution in [0.5, 0.6) is 0 Å². The summed E-state index contributed by atoms with van der Waals surface area (Å²) in [5, 5.41) is 9.23. The fourth-order valence-corrected chi connectivity index (χ4v) is 5.62. The van der Waals surface area contributed by atoms with Crippen LogP contribution in [0.25, 0.3) is 0 Å². The Morgan fingerprint density at radius 3 is 1.92 bits per heavy atom. The van der Waals surface area contributed by atoms with Gasteiger partial charge in [-0.1, -0.05) is 82.6 Å². The number of carbonyl (C=O) groups excluding carboxylic acids is 4. The van der Waals surface area contributed by atoms with Crippen LogP contribution in [0.2, 0.25) is 0 Å². The SMILES string of the molecule is CCOC(=O)N1CCN(CCCCCC(=O)NC(CNC(=O)Nc2c(C(C)C)cccc2C(C)C)c2ccccc2)CC1.CCOC(C)=O. The fraction of sp³-hybridized carbons (Fsp3) is 0.579. The van der Waals surface area contributed by atoms with E-state index in [1.54, 1.807) is 11.8 Å². The number of esters is 1. The summed E-state index contributed by atoms with van der Waals surface area (Å²) >= 11 is 0. The maximum atomic E-state index is 13.1. The molecule has 11 nitrogen and oxygen atoms in total. The van der Waals surface area contributed by atoms with Crippen molar-refractivity contribution in [1.29, 1.82) is 0 Å². The van der Waals surface area contributed by atoms with Gasteiger partial charge >= 0.3 is 18.1 Å². The minimum Gasteiger partial charge on any atom is -0.466 e. The van der Waals surface area contributed by atoms with E-state index in [2.05, 4.69) is 65.4 Å². The Balaban J connectivity index is 0.00000127. The van der Waals surface area contributed by atoms with Crippen molar-refractivity contribution >= 4 is 29.7 Å². The average Bonchev–Trinajstić information content (AvgIpc) is 3.07. The number of anilines is 1. The molecule has 272 valence electrons. The zero-order valence-electron chi connectivity index (χ0n) is 30.7. The van der Waals surface area contributed by atoms with Gasteiger partial charge < -0.3 is 30.3 Å². The zero-order chi connectivity index (χ0) is 36.2. The third-order valence-electron chi connectivity index (χ3n) is 8.24. The lowest BCUT2D eigenvalue weighted by Gasteiger charge is -2.34. The van der Waals surface area contributed by atoms with Gasteiger partial charge in [0, 0.05) is 51.8 Å². The molecule has 11 heteroatoms. The van der Waals surface area contributed by atoms with Gasteiger partial charge in [0.15, 0.2) is 0 Å². The largest absolute Gasteiger partial charge is 0.466 e. The van der Waals surface area contributed by atoms with Crippen LogP contribution in [0.3, 0.4) is 0 Å². The van der Waals surface area contributed by atoms with E-state index < -0.39 is 0 Å². The van der Waals surface area contributed by atoms with Gasteiger partial charge in [0.05, 0.1) is 19.3 Å². The average molecular weight is 682 g/mol. The lowest BCUT2D eigenvalue weighted by atomic mass is 9.93. The van der Waals surface area contributed by atoms with Crippen molar-refractivity contribution < 1.29 is 28.7 Å². The lowest BCUT2D eigenvalue weighted by molar-refractivity contribution is -0.140. The Morgan fingerprint density at radius 2 is 1.39 bits per heavy atom. The molecule has 3 N–H and O–H groups in total. The maximum Gasteiger partial charge on any atom is 0.409 e. The van der Waals surface area contributed by atoms with Gasteiger partial charge in [0.1, 0.15) is 0 Å². The van der Waals surface area contributed by atoms with Crippen LogP contribution in [0.1, 0.15) is 109 Å². The van der Waals surface area contributed by atoms with Gasteiger partial charge in [0.25, 0.3) is 0 Å². The molecule has 1 fully saturated rings. The number of unbranched alkanes of at least 4 members (excludes halogenated alkanes) is 2. The van der Waals surface area contributed by atoms with Crippen LogP contribution < -0.4 is 16.0 Å². The summed E-state index contributed by atoms with van der Waals surface area (Å²) in [7, 11) is 0. The molecule has 1 atom stereocenters. The van der Waals surface area contributed by atoms with Crippen molar-refractivity contribution in [3.8, 4) is 0 Å². The number of hydrogen-bond donors (Lipinski definition) is 3. The smallest absolute Gasteiger partial charge is 0.409 e. The molecule has 2 aromatic carbocycles. The first-order chi connectivity index (χ1) is 23.5. The predicted molar refractivity (Wildman–Crippen MR) is 195 cm³/mol. The highest BCUT2D eigenvalue weighted by Crippen LogP contribution is 2.32. The summed E-state index contributed by atoms with van der Waals surface area (Å²) in [6.45, 7) is 18.7. The zero-order valence-corrected chi connectivity index (χ0v) is 30.7. The fourth-order valence-electron chi connectivity index (χ4n) is 5.62. The molecular weight excluding hydrogens is 622 g/mol. The quantitative estimate of drug-likeness (QED) is 0.139. The molecule has 1 heterocycles. The summed E-state index contributed by atoms with van der Waals surface area (Å²) < 4.78 is 9.49. The van der Waals surface area contributed by atoms with Crippen molar-refractivity contribution in [2.45, 2.75) is 92.0 Å². The third-order valence-corrected chi connectivity index (χ3v) is 8.24. The van der Waals surface area contributed by atoms with Crippen molar-refractivity contribution in [3.05, 3.63) is 65.2 Å². The molecule has 1 aliphatic heterocycles. The second-order valence-corrected chi connectivity index (χ2v) is 12.7. The predicted octanol–water partition coefficient (Wildman–Crippen LogP) is 6.82. The number of urea groups is 1. The number of para-hydroxylation sites is 1. The van der Waals surface area contributed by atoms with E-state index in [0.29, 0.717) is 32.7 Å². The van der Waals surface area contributed by atoms with E-state index in [0.717, 1.165) is 61.3 Å². The molecule has 0 radical (unpaired) electrons. The van der Waals surface area contributed by atoms with Gasteiger partial charge in [-0.25, -0.2) is 9.59 Å². The third kappa shape index (κ3) is 15.3. The Morgan fingerprint density at radius 1 is 0.776 bits per heavy atom. The van der Waals surface area contributed by atoms with Crippen LogP contribution in [0, 0.1) is 0 Å². The Bertz CT molecular complexity index is 1270. The lowest BCUT2D eigenvalue weighted by Crippen LogP contribution is -2.49. The number of nitrogens with zero attached hydrogens (tertiary/aromatic N) is 2. The number of amides is 4. The number of ether oxygens (including phenoxy) is 2. The molecule has 0 aromatic heterocycles. The highest BCUT2D eigenvalue weighted by molar-refractivity contribution is 5.91. The van der Waals surface area contributed by atoms with E-state index in [1.807, 2.05) is 43.3 Å². The number of carbonyl (C=O) groups is 4. The Kier molecular flexibility index (Phi) is 18.9. The molecule has 2 aromatic rings. The number of benzene rings is 2. The van der Waals surface area contributed by atoms with Crippen molar-refractivity contribution in [2.75, 3.05) is 57.8 Å². The molecular formula is C38H59N5O6. The van der Waals surface area contributed by atoms with Crippen LogP contribution in [-0.4, -0.2) is 86.3 Å². The minimum atomic E-state index is -0.333. The molecule has 49 heavy (non-hydrogen) atoms. The molecule has 0 bridgehead atoms. The molecule has 1 saturated heterocycles. The molecule has 1 aliphatic rings. The highest BCUT2D eigenvalue weighted by atomic mass is 16.6.